The first-order valence-electron chi connectivity index (χ1n) is 2.36. The molecule has 4 heteroatoms. The van der Waals surface area contributed by atoms with E-state index in [1.807, 2.05) is 6.42 Å². The summed E-state index contributed by atoms with van der Waals surface area (Å²) in [6.07, 6.45) is 1.93. The van der Waals surface area contributed by atoms with Crippen LogP contribution in [0.15, 0.2) is 4.99 Å². The molecule has 4 nitrogen and oxygen atoms in total. The summed E-state index contributed by atoms with van der Waals surface area (Å²) < 4.78 is 0. The van der Waals surface area contributed by atoms with Crippen molar-refractivity contribution in [3.8, 4) is 0 Å². The molecule has 1 aliphatic heterocycles. The van der Waals surface area contributed by atoms with Crippen molar-refractivity contribution in [2.24, 2.45) is 4.99 Å². The summed E-state index contributed by atoms with van der Waals surface area (Å²) in [6.45, 7) is 1.54. The van der Waals surface area contributed by atoms with Gasteiger partial charge >= 0.3 is 0 Å². The van der Waals surface area contributed by atoms with Gasteiger partial charge in [-0.05, 0) is 6.92 Å². The lowest BCUT2D eigenvalue weighted by molar-refractivity contribution is -0.122. The number of nitrogens with one attached hydrogen (secondary N) is 1. The van der Waals surface area contributed by atoms with Crippen molar-refractivity contribution in [1.82, 2.24) is 5.32 Å². The van der Waals surface area contributed by atoms with Crippen LogP contribution >= 0.6 is 0 Å². The lowest BCUT2D eigenvalue weighted by atomic mass is 10.3. The van der Waals surface area contributed by atoms with E-state index in [0.717, 1.165) is 0 Å². The number of amidine groups is 1. The maximum Gasteiger partial charge on any atom is 0.266 e. The maximum atomic E-state index is 10.4. The normalized spacial score (nSPS) is 19.0. The minimum absolute atomic E-state index is 0.323. The first-order valence-corrected chi connectivity index (χ1v) is 2.36. The van der Waals surface area contributed by atoms with E-state index in [1.54, 1.807) is 0 Å². The predicted molar refractivity (Wildman–Crippen MR) is 29.5 cm³/mol. The predicted octanol–water partition coefficient (Wildman–Crippen LogP) is -0.858. The van der Waals surface area contributed by atoms with Crippen molar-refractivity contribution < 1.29 is 9.59 Å². The number of nitrogens with zero attached hydrogens (tertiary/aromatic N) is 1. The second-order valence-corrected chi connectivity index (χ2v) is 1.58. The Morgan fingerprint density at radius 2 is 2.22 bits per heavy atom. The molecular weight excluding hydrogens is 120 g/mol. The summed E-state index contributed by atoms with van der Waals surface area (Å²) in [7, 11) is 0. The van der Waals surface area contributed by atoms with E-state index < -0.39 is 11.8 Å². The minimum Gasteiger partial charge on any atom is -0.313 e. The molecule has 1 rings (SSSR count). The average Bonchev–Trinajstić information content (AvgIpc) is 1.59. The third-order valence-corrected chi connectivity index (χ3v) is 0.784. The molecule has 1 N–H and O–H groups in total. The zero-order chi connectivity index (χ0) is 6.85. The molecule has 0 unspecified atom stereocenters. The Balaban J connectivity index is 2.79. The standard InChI is InChI=1S/C5H4N2O2/c1-3-6-4(8)2-5(9)7-3/h1H3,(H,6,7,8,9). The van der Waals surface area contributed by atoms with Crippen LogP contribution in [0.2, 0.25) is 0 Å². The van der Waals surface area contributed by atoms with Gasteiger partial charge in [0.2, 0.25) is 5.91 Å². The van der Waals surface area contributed by atoms with E-state index in [-0.39, 0.29) is 0 Å². The van der Waals surface area contributed by atoms with Crippen LogP contribution in [0.3, 0.4) is 0 Å². The molecule has 0 aromatic rings. The first kappa shape index (κ1) is 5.94. The monoisotopic (exact) mass is 124 g/mol. The van der Waals surface area contributed by atoms with Crippen LogP contribution in [0.25, 0.3) is 0 Å². The molecule has 2 radical (unpaired) electrons. The summed E-state index contributed by atoms with van der Waals surface area (Å²) in [5.41, 5.74) is 0. The van der Waals surface area contributed by atoms with Crippen molar-refractivity contribution in [3.63, 3.8) is 0 Å². The Morgan fingerprint density at radius 1 is 1.56 bits per heavy atom. The molecule has 1 heterocycles. The molecule has 0 aromatic heterocycles. The van der Waals surface area contributed by atoms with Crippen molar-refractivity contribution in [2.75, 3.05) is 0 Å². The lowest BCUT2D eigenvalue weighted by Gasteiger charge is -2.05. The van der Waals surface area contributed by atoms with Gasteiger partial charge in [-0.25, -0.2) is 0 Å². The molecule has 0 saturated heterocycles. The van der Waals surface area contributed by atoms with Gasteiger partial charge in [-0.15, -0.1) is 0 Å². The maximum absolute atomic E-state index is 10.4. The van der Waals surface area contributed by atoms with Crippen LogP contribution in [-0.4, -0.2) is 17.6 Å². The summed E-state index contributed by atoms with van der Waals surface area (Å²) in [5.74, 6) is -0.812. The van der Waals surface area contributed by atoms with Crippen molar-refractivity contribution in [3.05, 3.63) is 6.42 Å². The second-order valence-electron chi connectivity index (χ2n) is 1.58. The lowest BCUT2D eigenvalue weighted by Crippen LogP contribution is -2.35. The first-order chi connectivity index (χ1) is 4.18. The fourth-order valence-corrected chi connectivity index (χ4v) is 0.501. The molecule has 0 spiro atoms. The molecule has 46 valence electrons. The van der Waals surface area contributed by atoms with Crippen LogP contribution in [0.4, 0.5) is 0 Å². The quantitative estimate of drug-likeness (QED) is 0.457. The summed E-state index contributed by atoms with van der Waals surface area (Å²) in [5, 5.41) is 2.29. The van der Waals surface area contributed by atoms with Gasteiger partial charge in [0.05, 0.1) is 0 Å². The van der Waals surface area contributed by atoms with Gasteiger partial charge < -0.3 is 5.32 Å². The average molecular weight is 124 g/mol. The molecule has 2 amide bonds. The number of hydrogen-bond donors (Lipinski definition) is 1. The summed E-state index contributed by atoms with van der Waals surface area (Å²) in [6, 6.07) is 0. The van der Waals surface area contributed by atoms with E-state index in [0.29, 0.717) is 5.84 Å². The highest BCUT2D eigenvalue weighted by Gasteiger charge is 2.16. The van der Waals surface area contributed by atoms with Gasteiger partial charge in [-0.1, -0.05) is 0 Å². The second kappa shape index (κ2) is 1.97. The third-order valence-electron chi connectivity index (χ3n) is 0.784. The Kier molecular flexibility index (Phi) is 1.30. The Hall–Kier alpha value is -1.19. The Morgan fingerprint density at radius 3 is 2.67 bits per heavy atom. The molecule has 0 aromatic carbocycles. The highest BCUT2D eigenvalue weighted by molar-refractivity contribution is 6.20. The highest BCUT2D eigenvalue weighted by atomic mass is 16.2. The number of carbonyl (C=O) groups excluding carboxylic acids is 2. The molecule has 0 saturated carbocycles. The zero-order valence-electron chi connectivity index (χ0n) is 4.76. The van der Waals surface area contributed by atoms with Crippen LogP contribution in [0.1, 0.15) is 6.92 Å². The van der Waals surface area contributed by atoms with Gasteiger partial charge in [-0.2, -0.15) is 4.99 Å². The van der Waals surface area contributed by atoms with Crippen molar-refractivity contribution in [1.29, 1.82) is 0 Å². The van der Waals surface area contributed by atoms with Crippen LogP contribution in [-0.2, 0) is 9.59 Å². The molecule has 0 fully saturated rings. The summed E-state index contributed by atoms with van der Waals surface area (Å²) >= 11 is 0. The number of aliphatic imine (C=N–C) groups is 1. The fraction of sp³-hybridized carbons (Fsp3) is 0.200. The molecule has 0 atom stereocenters. The van der Waals surface area contributed by atoms with Gasteiger partial charge in [0.1, 0.15) is 5.84 Å². The van der Waals surface area contributed by atoms with Crippen LogP contribution < -0.4 is 5.32 Å². The van der Waals surface area contributed by atoms with Gasteiger partial charge in [-0.3, -0.25) is 9.59 Å². The zero-order valence-corrected chi connectivity index (χ0v) is 4.76. The van der Waals surface area contributed by atoms with E-state index >= 15 is 0 Å². The largest absolute Gasteiger partial charge is 0.313 e. The molecule has 0 bridgehead atoms. The number of amides is 2. The summed E-state index contributed by atoms with van der Waals surface area (Å²) in [4.78, 5) is 24.1. The molecule has 0 aliphatic carbocycles. The number of hydrogen-bond acceptors (Lipinski definition) is 2. The highest BCUT2D eigenvalue weighted by Crippen LogP contribution is 1.90. The van der Waals surface area contributed by atoms with Crippen molar-refractivity contribution in [2.45, 2.75) is 6.92 Å². The van der Waals surface area contributed by atoms with Crippen molar-refractivity contribution >= 4 is 17.6 Å². The third kappa shape index (κ3) is 1.35. The number of carbonyl (C=O) groups is 2. The van der Waals surface area contributed by atoms with Crippen LogP contribution in [0.5, 0.6) is 0 Å². The smallest absolute Gasteiger partial charge is 0.266 e. The molecular formula is C5H4N2O2. The van der Waals surface area contributed by atoms with E-state index in [1.165, 1.54) is 6.92 Å². The van der Waals surface area contributed by atoms with Gasteiger partial charge in [0.15, 0.2) is 6.42 Å². The van der Waals surface area contributed by atoms with Gasteiger partial charge in [0.25, 0.3) is 5.91 Å². The molecule has 9 heavy (non-hydrogen) atoms. The van der Waals surface area contributed by atoms with Gasteiger partial charge in [0, 0.05) is 0 Å². The van der Waals surface area contributed by atoms with E-state index in [9.17, 15) is 9.59 Å². The number of rotatable bonds is 0. The van der Waals surface area contributed by atoms with Crippen LogP contribution in [0, 0.1) is 6.42 Å². The Labute approximate surface area is 52.0 Å². The SMILES string of the molecule is CC1=NC(=O)[C]C(=O)N1. The van der Waals surface area contributed by atoms with E-state index in [4.69, 9.17) is 0 Å². The fourth-order valence-electron chi connectivity index (χ4n) is 0.501. The molecule has 1 aliphatic rings. The minimum atomic E-state index is -0.615. The Bertz CT molecular complexity index is 195. The topological polar surface area (TPSA) is 58.5 Å². The van der Waals surface area contributed by atoms with E-state index in [2.05, 4.69) is 10.3 Å².